The van der Waals surface area contributed by atoms with E-state index in [-0.39, 0.29) is 0 Å². The van der Waals surface area contributed by atoms with Gasteiger partial charge in [-0.1, -0.05) is 12.7 Å². The van der Waals surface area contributed by atoms with Gasteiger partial charge in [0.2, 0.25) is 5.75 Å². The minimum Gasteiger partial charge on any atom is -0.398 e. The molecule has 0 atom stereocenters. The number of alkyl halides is 3. The highest BCUT2D eigenvalue weighted by molar-refractivity contribution is 5.57. The maximum atomic E-state index is 11.9. The molecule has 0 aromatic heterocycles. The van der Waals surface area contributed by atoms with Gasteiger partial charge < -0.3 is 4.74 Å². The van der Waals surface area contributed by atoms with Gasteiger partial charge in [-0.25, -0.2) is 0 Å². The molecular formula is C9H6F3NO3. The lowest BCUT2D eigenvalue weighted by Crippen LogP contribution is -2.18. The Kier molecular flexibility index (Phi) is 3.17. The Bertz CT molecular complexity index is 428. The van der Waals surface area contributed by atoms with E-state index in [1.807, 2.05) is 0 Å². The lowest BCUT2D eigenvalue weighted by molar-refractivity contribution is -0.388. The number of nitro groups is 1. The first-order chi connectivity index (χ1) is 7.33. The van der Waals surface area contributed by atoms with E-state index < -0.39 is 22.7 Å². The molecule has 1 aromatic rings. The van der Waals surface area contributed by atoms with Gasteiger partial charge in [-0.05, 0) is 17.7 Å². The number of benzene rings is 1. The van der Waals surface area contributed by atoms with E-state index in [1.165, 1.54) is 12.1 Å². The molecule has 0 N–H and O–H groups in total. The molecule has 0 saturated carbocycles. The summed E-state index contributed by atoms with van der Waals surface area (Å²) in [7, 11) is 0. The van der Waals surface area contributed by atoms with E-state index in [2.05, 4.69) is 11.3 Å². The monoisotopic (exact) mass is 233 g/mol. The molecule has 86 valence electrons. The molecule has 0 heterocycles. The van der Waals surface area contributed by atoms with Gasteiger partial charge >= 0.3 is 12.0 Å². The Labute approximate surface area is 88.1 Å². The van der Waals surface area contributed by atoms with Crippen LogP contribution in [-0.4, -0.2) is 11.3 Å². The molecule has 16 heavy (non-hydrogen) atoms. The third-order valence-electron chi connectivity index (χ3n) is 1.64. The Balaban J connectivity index is 3.20. The normalized spacial score (nSPS) is 10.9. The maximum Gasteiger partial charge on any atom is 0.573 e. The number of nitro benzene ring substituents is 1. The van der Waals surface area contributed by atoms with Gasteiger partial charge in [-0.15, -0.1) is 13.2 Å². The van der Waals surface area contributed by atoms with E-state index in [1.54, 1.807) is 0 Å². The quantitative estimate of drug-likeness (QED) is 0.595. The van der Waals surface area contributed by atoms with Gasteiger partial charge in [0.1, 0.15) is 0 Å². The zero-order valence-electron chi connectivity index (χ0n) is 7.82. The zero-order chi connectivity index (χ0) is 12.3. The molecule has 0 spiro atoms. The Morgan fingerprint density at radius 1 is 1.44 bits per heavy atom. The number of halogens is 3. The van der Waals surface area contributed by atoms with Crippen LogP contribution in [0.5, 0.6) is 5.75 Å². The second-order valence-electron chi connectivity index (χ2n) is 2.74. The average molecular weight is 233 g/mol. The van der Waals surface area contributed by atoms with Crippen molar-refractivity contribution in [2.45, 2.75) is 6.36 Å². The lowest BCUT2D eigenvalue weighted by Gasteiger charge is -2.09. The average Bonchev–Trinajstić information content (AvgIpc) is 2.14. The van der Waals surface area contributed by atoms with E-state index in [4.69, 9.17) is 0 Å². The van der Waals surface area contributed by atoms with E-state index >= 15 is 0 Å². The van der Waals surface area contributed by atoms with Crippen molar-refractivity contribution in [3.63, 3.8) is 0 Å². The second kappa shape index (κ2) is 4.21. The molecule has 1 rings (SSSR count). The van der Waals surface area contributed by atoms with Crippen LogP contribution in [0.15, 0.2) is 24.8 Å². The third-order valence-corrected chi connectivity index (χ3v) is 1.64. The summed E-state index contributed by atoms with van der Waals surface area (Å²) >= 11 is 0. The smallest absolute Gasteiger partial charge is 0.398 e. The third kappa shape index (κ3) is 2.97. The second-order valence-corrected chi connectivity index (χ2v) is 2.74. The molecule has 1 aromatic carbocycles. The minimum absolute atomic E-state index is 0.296. The summed E-state index contributed by atoms with van der Waals surface area (Å²) in [6.07, 6.45) is -3.71. The number of rotatable bonds is 3. The molecule has 0 unspecified atom stereocenters. The molecule has 7 heteroatoms. The Hall–Kier alpha value is -2.05. The van der Waals surface area contributed by atoms with Crippen molar-refractivity contribution >= 4 is 11.8 Å². The standard InChI is InChI=1S/C9H6F3NO3/c1-2-6-3-4-7(13(14)15)8(5-6)16-9(10,11)12/h2-5H,1H2. The zero-order valence-corrected chi connectivity index (χ0v) is 7.82. The van der Waals surface area contributed by atoms with Gasteiger partial charge in [0.05, 0.1) is 4.92 Å². The summed E-state index contributed by atoms with van der Waals surface area (Å²) in [5, 5.41) is 10.4. The Morgan fingerprint density at radius 3 is 2.50 bits per heavy atom. The first kappa shape index (κ1) is 12.0. The van der Waals surface area contributed by atoms with Crippen LogP contribution in [0.4, 0.5) is 18.9 Å². The SMILES string of the molecule is C=Cc1ccc([N+](=O)[O-])c(OC(F)(F)F)c1. The van der Waals surface area contributed by atoms with Crippen LogP contribution in [0.3, 0.4) is 0 Å². The molecule has 0 aliphatic heterocycles. The largest absolute Gasteiger partial charge is 0.573 e. The van der Waals surface area contributed by atoms with Crippen molar-refractivity contribution in [1.82, 2.24) is 0 Å². The molecule has 0 amide bonds. The summed E-state index contributed by atoms with van der Waals surface area (Å²) < 4.78 is 39.4. The molecule has 0 radical (unpaired) electrons. The fourth-order valence-corrected chi connectivity index (χ4v) is 1.01. The predicted molar refractivity (Wildman–Crippen MR) is 49.9 cm³/mol. The van der Waals surface area contributed by atoms with Crippen molar-refractivity contribution in [3.8, 4) is 5.75 Å². The fourth-order valence-electron chi connectivity index (χ4n) is 1.01. The van der Waals surface area contributed by atoms with Crippen molar-refractivity contribution in [3.05, 3.63) is 40.5 Å². The fraction of sp³-hybridized carbons (Fsp3) is 0.111. The summed E-state index contributed by atoms with van der Waals surface area (Å²) in [5.74, 6) is -0.852. The lowest BCUT2D eigenvalue weighted by atomic mass is 10.2. The predicted octanol–water partition coefficient (Wildman–Crippen LogP) is 3.14. The van der Waals surface area contributed by atoms with Gasteiger partial charge in [-0.3, -0.25) is 10.1 Å². The van der Waals surface area contributed by atoms with Crippen molar-refractivity contribution < 1.29 is 22.8 Å². The highest BCUT2D eigenvalue weighted by Crippen LogP contribution is 2.32. The Morgan fingerprint density at radius 2 is 2.06 bits per heavy atom. The number of nitrogens with zero attached hydrogens (tertiary/aromatic N) is 1. The van der Waals surface area contributed by atoms with Crippen molar-refractivity contribution in [1.29, 1.82) is 0 Å². The summed E-state index contributed by atoms with van der Waals surface area (Å²) in [5.41, 5.74) is -0.451. The number of hydrogen-bond donors (Lipinski definition) is 0. The van der Waals surface area contributed by atoms with Gasteiger partial charge in [-0.2, -0.15) is 0 Å². The van der Waals surface area contributed by atoms with Crippen LogP contribution in [-0.2, 0) is 0 Å². The molecular weight excluding hydrogens is 227 g/mol. The molecule has 0 saturated heterocycles. The highest BCUT2D eigenvalue weighted by Gasteiger charge is 2.34. The molecule has 0 aliphatic carbocycles. The number of hydrogen-bond acceptors (Lipinski definition) is 3. The van der Waals surface area contributed by atoms with E-state index in [0.717, 1.165) is 12.1 Å². The summed E-state index contributed by atoms with van der Waals surface area (Å²) in [4.78, 5) is 9.49. The van der Waals surface area contributed by atoms with Crippen molar-refractivity contribution in [2.24, 2.45) is 0 Å². The molecule has 4 nitrogen and oxygen atoms in total. The van der Waals surface area contributed by atoms with Crippen LogP contribution in [0.1, 0.15) is 5.56 Å². The molecule has 0 fully saturated rings. The first-order valence-electron chi connectivity index (χ1n) is 4.00. The number of ether oxygens (including phenoxy) is 1. The topological polar surface area (TPSA) is 52.4 Å². The van der Waals surface area contributed by atoms with Gasteiger partial charge in [0.25, 0.3) is 0 Å². The molecule has 0 bridgehead atoms. The van der Waals surface area contributed by atoms with Crippen molar-refractivity contribution in [2.75, 3.05) is 0 Å². The van der Waals surface area contributed by atoms with Crippen LogP contribution in [0.2, 0.25) is 0 Å². The first-order valence-corrected chi connectivity index (χ1v) is 4.00. The van der Waals surface area contributed by atoms with Crippen LogP contribution in [0.25, 0.3) is 6.08 Å². The highest BCUT2D eigenvalue weighted by atomic mass is 19.4. The minimum atomic E-state index is -4.97. The van der Waals surface area contributed by atoms with Gasteiger partial charge in [0.15, 0.2) is 0 Å². The summed E-state index contributed by atoms with van der Waals surface area (Å²) in [6.45, 7) is 3.34. The molecule has 0 aliphatic rings. The van der Waals surface area contributed by atoms with E-state index in [0.29, 0.717) is 5.56 Å². The van der Waals surface area contributed by atoms with Crippen LogP contribution >= 0.6 is 0 Å². The maximum absolute atomic E-state index is 11.9. The van der Waals surface area contributed by atoms with E-state index in [9.17, 15) is 23.3 Å². The summed E-state index contributed by atoms with van der Waals surface area (Å²) in [6, 6.07) is 3.10. The van der Waals surface area contributed by atoms with Gasteiger partial charge in [0, 0.05) is 6.07 Å². The van der Waals surface area contributed by atoms with Crippen LogP contribution in [0, 0.1) is 10.1 Å². The van der Waals surface area contributed by atoms with Crippen LogP contribution < -0.4 is 4.74 Å².